The molecule has 0 aliphatic heterocycles. The third kappa shape index (κ3) is 2.93. The summed E-state index contributed by atoms with van der Waals surface area (Å²) in [6, 6.07) is 3.58. The highest BCUT2D eigenvalue weighted by atomic mass is 32.1. The lowest BCUT2D eigenvalue weighted by Crippen LogP contribution is -2.14. The van der Waals surface area contributed by atoms with E-state index in [0.29, 0.717) is 28.6 Å². The first-order valence-corrected chi connectivity index (χ1v) is 6.99. The number of hydrogen-bond donors (Lipinski definition) is 2. The van der Waals surface area contributed by atoms with E-state index >= 15 is 0 Å². The van der Waals surface area contributed by atoms with E-state index in [1.165, 1.54) is 0 Å². The first kappa shape index (κ1) is 14.5. The molecule has 1 amide bonds. The van der Waals surface area contributed by atoms with Gasteiger partial charge in [-0.3, -0.25) is 9.78 Å². The summed E-state index contributed by atoms with van der Waals surface area (Å²) in [6.07, 6.45) is -0.499. The molecule has 9 heteroatoms. The number of aromatic amines is 1. The number of fused-ring (bicyclic) bond motifs is 1. The van der Waals surface area contributed by atoms with E-state index in [-0.39, 0.29) is 11.6 Å². The summed E-state index contributed by atoms with van der Waals surface area (Å²) in [6.45, 7) is 0. The third-order valence-electron chi connectivity index (χ3n) is 2.90. The van der Waals surface area contributed by atoms with Gasteiger partial charge in [0.2, 0.25) is 5.91 Å². The zero-order chi connectivity index (χ0) is 15.7. The molecule has 0 radical (unpaired) electrons. The van der Waals surface area contributed by atoms with Gasteiger partial charge in [-0.25, -0.2) is 4.98 Å². The number of H-pyrrole nitrogens is 1. The van der Waals surface area contributed by atoms with E-state index in [1.54, 1.807) is 18.5 Å². The van der Waals surface area contributed by atoms with Crippen LogP contribution in [-0.4, -0.2) is 20.9 Å². The summed E-state index contributed by atoms with van der Waals surface area (Å²) in [5.41, 5.74) is 2.12. The zero-order valence-corrected chi connectivity index (χ0v) is 11.8. The van der Waals surface area contributed by atoms with Crippen molar-refractivity contribution >= 4 is 33.4 Å². The van der Waals surface area contributed by atoms with Gasteiger partial charge in [0, 0.05) is 18.0 Å². The minimum absolute atomic E-state index is 0.00204. The predicted molar refractivity (Wildman–Crippen MR) is 75.5 cm³/mol. The minimum Gasteiger partial charge on any atom is -0.360 e. The van der Waals surface area contributed by atoms with E-state index < -0.39 is 17.0 Å². The van der Waals surface area contributed by atoms with E-state index in [0.717, 1.165) is 5.52 Å². The van der Waals surface area contributed by atoms with Crippen molar-refractivity contribution in [3.8, 4) is 0 Å². The number of pyridine rings is 1. The lowest BCUT2D eigenvalue weighted by Gasteiger charge is -2.01. The first-order chi connectivity index (χ1) is 10.4. The van der Waals surface area contributed by atoms with Gasteiger partial charge in [0.25, 0.3) is 0 Å². The number of halogens is 3. The van der Waals surface area contributed by atoms with Crippen LogP contribution in [0.15, 0.2) is 30.7 Å². The number of hydrogen-bond acceptors (Lipinski definition) is 4. The molecule has 0 aromatic carbocycles. The Morgan fingerprint density at radius 3 is 2.91 bits per heavy atom. The maximum absolute atomic E-state index is 12.5. The van der Waals surface area contributed by atoms with Crippen molar-refractivity contribution in [2.75, 3.05) is 5.32 Å². The predicted octanol–water partition coefficient (Wildman–Crippen LogP) is 3.22. The smallest absolute Gasteiger partial charge is 0.360 e. The van der Waals surface area contributed by atoms with Crippen LogP contribution >= 0.6 is 11.3 Å². The zero-order valence-electron chi connectivity index (χ0n) is 10.9. The lowest BCUT2D eigenvalue weighted by molar-refractivity contribution is -0.134. The number of alkyl halides is 3. The van der Waals surface area contributed by atoms with Crippen LogP contribution in [0, 0.1) is 0 Å². The molecule has 3 aromatic rings. The van der Waals surface area contributed by atoms with Gasteiger partial charge in [-0.05, 0) is 12.1 Å². The average molecular weight is 326 g/mol. The maximum atomic E-state index is 12.5. The quantitative estimate of drug-likeness (QED) is 0.776. The first-order valence-electron chi connectivity index (χ1n) is 6.17. The van der Waals surface area contributed by atoms with Crippen LogP contribution in [0.4, 0.5) is 18.3 Å². The summed E-state index contributed by atoms with van der Waals surface area (Å²) >= 11 is 0.393. The molecule has 0 spiro atoms. The van der Waals surface area contributed by atoms with E-state index in [2.05, 4.69) is 20.3 Å². The van der Waals surface area contributed by atoms with Crippen molar-refractivity contribution in [2.24, 2.45) is 0 Å². The third-order valence-corrected chi connectivity index (χ3v) is 3.85. The van der Waals surface area contributed by atoms with Gasteiger partial charge in [-0.15, -0.1) is 0 Å². The number of carbonyl (C=O) groups excluding carboxylic acids is 1. The topological polar surface area (TPSA) is 70.7 Å². The lowest BCUT2D eigenvalue weighted by atomic mass is 10.2. The summed E-state index contributed by atoms with van der Waals surface area (Å²) in [5.74, 6) is -0.449. The van der Waals surface area contributed by atoms with Crippen LogP contribution in [0.1, 0.15) is 10.4 Å². The molecule has 0 unspecified atom stereocenters. The van der Waals surface area contributed by atoms with Crippen molar-refractivity contribution in [1.29, 1.82) is 0 Å². The number of nitrogens with zero attached hydrogens (tertiary/aromatic N) is 2. The SMILES string of the molecule is O=C(Cc1c[nH]c2cccnc12)Nc1ncc(C(F)(F)F)s1. The van der Waals surface area contributed by atoms with Crippen LogP contribution < -0.4 is 5.32 Å². The number of rotatable bonds is 3. The molecule has 0 fully saturated rings. The Morgan fingerprint density at radius 2 is 2.18 bits per heavy atom. The Morgan fingerprint density at radius 1 is 1.36 bits per heavy atom. The molecule has 3 heterocycles. The molecule has 0 atom stereocenters. The Hall–Kier alpha value is -2.42. The second-order valence-electron chi connectivity index (χ2n) is 4.47. The Balaban J connectivity index is 1.71. The highest BCUT2D eigenvalue weighted by Gasteiger charge is 2.33. The van der Waals surface area contributed by atoms with Crippen LogP contribution in [0.2, 0.25) is 0 Å². The maximum Gasteiger partial charge on any atom is 0.427 e. The number of thiazole rings is 1. The molecule has 2 N–H and O–H groups in total. The Kier molecular flexibility index (Phi) is 3.57. The summed E-state index contributed by atoms with van der Waals surface area (Å²) < 4.78 is 37.4. The van der Waals surface area contributed by atoms with Crippen molar-refractivity contribution in [1.82, 2.24) is 15.0 Å². The summed E-state index contributed by atoms with van der Waals surface area (Å²) in [7, 11) is 0. The summed E-state index contributed by atoms with van der Waals surface area (Å²) in [5, 5.41) is 2.29. The number of aromatic nitrogens is 3. The van der Waals surface area contributed by atoms with Crippen LogP contribution in [0.3, 0.4) is 0 Å². The standard InChI is InChI=1S/C13H9F3N4OS/c14-13(15,16)9-6-19-12(22-9)20-10(21)4-7-5-18-8-2-1-3-17-11(7)8/h1-3,5-6,18H,4H2,(H,19,20,21). The second kappa shape index (κ2) is 5.41. The Bertz CT molecular complexity index is 824. The molecule has 0 aliphatic rings. The van der Waals surface area contributed by atoms with Gasteiger partial charge in [-0.2, -0.15) is 13.2 Å². The fourth-order valence-electron chi connectivity index (χ4n) is 1.95. The molecule has 0 aliphatic carbocycles. The molecule has 3 aromatic heterocycles. The van der Waals surface area contributed by atoms with E-state index in [9.17, 15) is 18.0 Å². The van der Waals surface area contributed by atoms with Gasteiger partial charge in [0.15, 0.2) is 5.13 Å². The van der Waals surface area contributed by atoms with Crippen molar-refractivity contribution in [2.45, 2.75) is 12.6 Å². The highest BCUT2D eigenvalue weighted by Crippen LogP contribution is 2.35. The second-order valence-corrected chi connectivity index (χ2v) is 5.50. The van der Waals surface area contributed by atoms with Gasteiger partial charge in [0.05, 0.1) is 23.7 Å². The van der Waals surface area contributed by atoms with Gasteiger partial charge in [-0.1, -0.05) is 11.3 Å². The molecule has 114 valence electrons. The fourth-order valence-corrected chi connectivity index (χ4v) is 2.64. The summed E-state index contributed by atoms with van der Waals surface area (Å²) in [4.78, 5) is 21.8. The van der Waals surface area contributed by atoms with Gasteiger partial charge >= 0.3 is 6.18 Å². The normalized spacial score (nSPS) is 11.8. The van der Waals surface area contributed by atoms with E-state index in [4.69, 9.17) is 0 Å². The van der Waals surface area contributed by atoms with Gasteiger partial charge < -0.3 is 10.3 Å². The molecule has 0 bridgehead atoms. The number of carbonyl (C=O) groups is 1. The number of amides is 1. The van der Waals surface area contributed by atoms with Crippen LogP contribution in [-0.2, 0) is 17.4 Å². The van der Waals surface area contributed by atoms with Crippen molar-refractivity contribution < 1.29 is 18.0 Å². The molecule has 3 rings (SSSR count). The molecule has 0 saturated carbocycles. The molecule has 0 saturated heterocycles. The van der Waals surface area contributed by atoms with E-state index in [1.807, 2.05) is 6.07 Å². The number of nitrogens with one attached hydrogen (secondary N) is 2. The molecule has 5 nitrogen and oxygen atoms in total. The molecular weight excluding hydrogens is 317 g/mol. The molecular formula is C13H9F3N4OS. The van der Waals surface area contributed by atoms with Gasteiger partial charge in [0.1, 0.15) is 4.88 Å². The largest absolute Gasteiger partial charge is 0.427 e. The fraction of sp³-hybridized carbons (Fsp3) is 0.154. The monoisotopic (exact) mass is 326 g/mol. The minimum atomic E-state index is -4.46. The van der Waals surface area contributed by atoms with Crippen LogP contribution in [0.25, 0.3) is 11.0 Å². The number of anilines is 1. The van der Waals surface area contributed by atoms with Crippen molar-refractivity contribution in [3.05, 3.63) is 41.2 Å². The Labute approximate surface area is 126 Å². The molecule has 22 heavy (non-hydrogen) atoms. The van der Waals surface area contributed by atoms with Crippen molar-refractivity contribution in [3.63, 3.8) is 0 Å². The van der Waals surface area contributed by atoms with Crippen LogP contribution in [0.5, 0.6) is 0 Å². The highest BCUT2D eigenvalue weighted by molar-refractivity contribution is 7.15. The average Bonchev–Trinajstić information content (AvgIpc) is 3.06.